The van der Waals surface area contributed by atoms with Crippen LogP contribution in [-0.4, -0.2) is 15.7 Å². The number of phenolic OH excluding ortho intramolecular Hbond substituents is 1. The van der Waals surface area contributed by atoms with Gasteiger partial charge in [-0.1, -0.05) is 0 Å². The second-order valence-electron chi connectivity index (χ2n) is 5.50. The van der Waals surface area contributed by atoms with Crippen LogP contribution in [0.25, 0.3) is 10.9 Å². The molecule has 0 amide bonds. The molecule has 0 saturated heterocycles. The fourth-order valence-electron chi connectivity index (χ4n) is 2.56. The molecule has 1 fully saturated rings. The summed E-state index contributed by atoms with van der Waals surface area (Å²) in [5.74, 6) is 0.338. The second-order valence-corrected chi connectivity index (χ2v) is 5.50. The normalized spacial score (nSPS) is 15.7. The topological polar surface area (TPSA) is 37.2 Å². The van der Waals surface area contributed by atoms with E-state index in [4.69, 9.17) is 0 Å². The monoisotopic (exact) mass is 244 g/mol. The number of phenols is 1. The van der Waals surface area contributed by atoms with Crippen molar-refractivity contribution in [3.63, 3.8) is 0 Å². The molecule has 0 spiro atoms. The maximum atomic E-state index is 9.57. The minimum Gasteiger partial charge on any atom is -0.508 e. The highest BCUT2D eigenvalue weighted by molar-refractivity contribution is 5.83. The van der Waals surface area contributed by atoms with Crippen LogP contribution in [-0.2, 0) is 6.54 Å². The molecule has 96 valence electrons. The standard InChI is InChI=1S/C15H20N2O/c1-10(2)17-13(9-16-12-3-4-12)7-11-8-14(18)5-6-15(11)17/h5-8,10,12,16,18H,3-4,9H2,1-2H3. The van der Waals surface area contributed by atoms with Crippen LogP contribution < -0.4 is 5.32 Å². The molecule has 1 aliphatic rings. The van der Waals surface area contributed by atoms with Crippen molar-refractivity contribution < 1.29 is 5.11 Å². The van der Waals surface area contributed by atoms with Crippen LogP contribution in [0.4, 0.5) is 0 Å². The second kappa shape index (κ2) is 4.32. The van der Waals surface area contributed by atoms with Gasteiger partial charge in [0, 0.05) is 35.2 Å². The minimum atomic E-state index is 0.338. The highest BCUT2D eigenvalue weighted by Gasteiger charge is 2.21. The van der Waals surface area contributed by atoms with Crippen molar-refractivity contribution in [2.45, 2.75) is 45.3 Å². The Morgan fingerprint density at radius 1 is 1.33 bits per heavy atom. The van der Waals surface area contributed by atoms with Gasteiger partial charge in [0.2, 0.25) is 0 Å². The highest BCUT2D eigenvalue weighted by Crippen LogP contribution is 2.28. The van der Waals surface area contributed by atoms with Crippen LogP contribution >= 0.6 is 0 Å². The molecule has 3 rings (SSSR count). The van der Waals surface area contributed by atoms with Crippen molar-refractivity contribution in [1.29, 1.82) is 0 Å². The van der Waals surface area contributed by atoms with Gasteiger partial charge in [-0.2, -0.15) is 0 Å². The van der Waals surface area contributed by atoms with Crippen molar-refractivity contribution in [3.05, 3.63) is 30.0 Å². The molecule has 0 atom stereocenters. The quantitative estimate of drug-likeness (QED) is 0.866. The first-order chi connectivity index (χ1) is 8.65. The molecule has 1 aromatic heterocycles. The summed E-state index contributed by atoms with van der Waals surface area (Å²) in [6.07, 6.45) is 2.62. The summed E-state index contributed by atoms with van der Waals surface area (Å²) in [7, 11) is 0. The van der Waals surface area contributed by atoms with E-state index < -0.39 is 0 Å². The Bertz CT molecular complexity index is 567. The van der Waals surface area contributed by atoms with Gasteiger partial charge in [-0.25, -0.2) is 0 Å². The van der Waals surface area contributed by atoms with Gasteiger partial charge in [0.05, 0.1) is 0 Å². The molecule has 0 bridgehead atoms. The van der Waals surface area contributed by atoms with Gasteiger partial charge in [0.15, 0.2) is 0 Å². The molecule has 1 saturated carbocycles. The van der Waals surface area contributed by atoms with Crippen molar-refractivity contribution in [1.82, 2.24) is 9.88 Å². The van der Waals surface area contributed by atoms with E-state index in [1.54, 1.807) is 6.07 Å². The lowest BCUT2D eigenvalue weighted by molar-refractivity contribution is 0.476. The summed E-state index contributed by atoms with van der Waals surface area (Å²) >= 11 is 0. The van der Waals surface area contributed by atoms with Crippen molar-refractivity contribution in [2.24, 2.45) is 0 Å². The summed E-state index contributed by atoms with van der Waals surface area (Å²) in [4.78, 5) is 0. The van der Waals surface area contributed by atoms with Crippen molar-refractivity contribution >= 4 is 10.9 Å². The number of nitrogens with one attached hydrogen (secondary N) is 1. The Hall–Kier alpha value is -1.48. The predicted octanol–water partition coefficient (Wildman–Crippen LogP) is 3.18. The van der Waals surface area contributed by atoms with E-state index >= 15 is 0 Å². The van der Waals surface area contributed by atoms with Gasteiger partial charge >= 0.3 is 0 Å². The molecule has 18 heavy (non-hydrogen) atoms. The summed E-state index contributed by atoms with van der Waals surface area (Å²) in [6, 6.07) is 8.95. The average Bonchev–Trinajstić information content (AvgIpc) is 3.06. The molecule has 0 radical (unpaired) electrons. The molecule has 1 aromatic carbocycles. The molecule has 1 heterocycles. The molecule has 0 aliphatic heterocycles. The molecule has 3 heteroatoms. The fourth-order valence-corrected chi connectivity index (χ4v) is 2.56. The van der Waals surface area contributed by atoms with E-state index in [0.717, 1.165) is 18.0 Å². The fraction of sp³-hybridized carbons (Fsp3) is 0.467. The van der Waals surface area contributed by atoms with Gasteiger partial charge in [-0.3, -0.25) is 0 Å². The first kappa shape index (κ1) is 11.6. The number of nitrogens with zero attached hydrogens (tertiary/aromatic N) is 1. The predicted molar refractivity (Wildman–Crippen MR) is 73.8 cm³/mol. The van der Waals surface area contributed by atoms with E-state index in [-0.39, 0.29) is 0 Å². The molecular formula is C15H20N2O. The SMILES string of the molecule is CC(C)n1c(CNC2CC2)cc2cc(O)ccc21. The van der Waals surface area contributed by atoms with Crippen LogP contribution in [0.15, 0.2) is 24.3 Å². The smallest absolute Gasteiger partial charge is 0.116 e. The Morgan fingerprint density at radius 2 is 2.11 bits per heavy atom. The number of benzene rings is 1. The maximum absolute atomic E-state index is 9.57. The van der Waals surface area contributed by atoms with E-state index in [0.29, 0.717) is 11.8 Å². The number of hydrogen-bond acceptors (Lipinski definition) is 2. The Labute approximate surface area is 107 Å². The lowest BCUT2D eigenvalue weighted by Gasteiger charge is -2.15. The van der Waals surface area contributed by atoms with Crippen LogP contribution in [0, 0.1) is 0 Å². The van der Waals surface area contributed by atoms with Gasteiger partial charge in [0.1, 0.15) is 5.75 Å². The number of rotatable bonds is 4. The minimum absolute atomic E-state index is 0.338. The number of hydrogen-bond donors (Lipinski definition) is 2. The van der Waals surface area contributed by atoms with Crippen LogP contribution in [0.2, 0.25) is 0 Å². The third-order valence-electron chi connectivity index (χ3n) is 3.57. The molecule has 1 aliphatic carbocycles. The van der Waals surface area contributed by atoms with E-state index in [2.05, 4.69) is 29.8 Å². The Morgan fingerprint density at radius 3 is 2.78 bits per heavy atom. The Balaban J connectivity index is 2.01. The summed E-state index contributed by atoms with van der Waals surface area (Å²) < 4.78 is 2.35. The van der Waals surface area contributed by atoms with Gasteiger partial charge in [-0.05, 0) is 51.0 Å². The van der Waals surface area contributed by atoms with E-state index in [9.17, 15) is 5.11 Å². The Kier molecular flexibility index (Phi) is 2.78. The van der Waals surface area contributed by atoms with Crippen molar-refractivity contribution in [2.75, 3.05) is 0 Å². The zero-order valence-corrected chi connectivity index (χ0v) is 11.0. The van der Waals surface area contributed by atoms with Crippen LogP contribution in [0.3, 0.4) is 0 Å². The van der Waals surface area contributed by atoms with Gasteiger partial charge < -0.3 is 15.0 Å². The maximum Gasteiger partial charge on any atom is 0.116 e. The third kappa shape index (κ3) is 2.10. The first-order valence-corrected chi connectivity index (χ1v) is 6.71. The molecule has 3 nitrogen and oxygen atoms in total. The lowest BCUT2D eigenvalue weighted by Crippen LogP contribution is -2.18. The zero-order valence-electron chi connectivity index (χ0n) is 11.0. The zero-order chi connectivity index (χ0) is 12.7. The molecule has 0 unspecified atom stereocenters. The van der Waals surface area contributed by atoms with Crippen LogP contribution in [0.5, 0.6) is 5.75 Å². The largest absolute Gasteiger partial charge is 0.508 e. The van der Waals surface area contributed by atoms with E-state index in [1.807, 2.05) is 12.1 Å². The van der Waals surface area contributed by atoms with Crippen LogP contribution in [0.1, 0.15) is 38.4 Å². The molecular weight excluding hydrogens is 224 g/mol. The highest BCUT2D eigenvalue weighted by atomic mass is 16.3. The number of aromatic hydroxyl groups is 1. The lowest BCUT2D eigenvalue weighted by atomic mass is 10.2. The number of fused-ring (bicyclic) bond motifs is 1. The van der Waals surface area contributed by atoms with Gasteiger partial charge in [0.25, 0.3) is 0 Å². The number of aromatic nitrogens is 1. The molecule has 2 aromatic rings. The third-order valence-corrected chi connectivity index (χ3v) is 3.57. The van der Waals surface area contributed by atoms with Gasteiger partial charge in [-0.15, -0.1) is 0 Å². The summed E-state index contributed by atoms with van der Waals surface area (Å²) in [6.45, 7) is 5.32. The van der Waals surface area contributed by atoms with Crippen molar-refractivity contribution in [3.8, 4) is 5.75 Å². The average molecular weight is 244 g/mol. The summed E-state index contributed by atoms with van der Waals surface area (Å²) in [5.41, 5.74) is 2.51. The first-order valence-electron chi connectivity index (χ1n) is 6.71. The molecule has 2 N–H and O–H groups in total. The summed E-state index contributed by atoms with van der Waals surface area (Å²) in [5, 5.41) is 14.3. The van der Waals surface area contributed by atoms with E-state index in [1.165, 1.54) is 24.1 Å².